The lowest BCUT2D eigenvalue weighted by atomic mass is 10.2. The normalized spacial score (nSPS) is 10.8. The molecule has 0 unspecified atom stereocenters. The predicted molar refractivity (Wildman–Crippen MR) is 74.4 cm³/mol. The van der Waals surface area contributed by atoms with E-state index in [1.807, 2.05) is 30.3 Å². The summed E-state index contributed by atoms with van der Waals surface area (Å²) in [6.45, 7) is 0.295. The molecule has 0 saturated heterocycles. The van der Waals surface area contributed by atoms with Crippen molar-refractivity contribution in [2.45, 2.75) is 6.54 Å². The zero-order valence-electron chi connectivity index (χ0n) is 10.4. The Balaban J connectivity index is 2.28. The first kappa shape index (κ1) is 12.1. The molecule has 0 amide bonds. The zero-order valence-corrected chi connectivity index (χ0v) is 10.4. The number of nitrogens with one attached hydrogen (secondary N) is 1. The summed E-state index contributed by atoms with van der Waals surface area (Å²) in [5.41, 5.74) is 5.73. The zero-order chi connectivity index (χ0) is 14.1. The van der Waals surface area contributed by atoms with Gasteiger partial charge in [-0.05, 0) is 5.56 Å². The fraction of sp³-hybridized carbons (Fsp3) is 0.0769. The molecule has 0 fully saturated rings. The van der Waals surface area contributed by atoms with E-state index in [0.717, 1.165) is 5.56 Å². The van der Waals surface area contributed by atoms with Crippen LogP contribution in [0, 0.1) is 0 Å². The lowest BCUT2D eigenvalue weighted by Gasteiger charge is -2.09. The number of H-pyrrole nitrogens is 1. The first-order chi connectivity index (χ1) is 9.66. The second-order valence-corrected chi connectivity index (χ2v) is 4.29. The van der Waals surface area contributed by atoms with Gasteiger partial charge >= 0.3 is 5.69 Å². The van der Waals surface area contributed by atoms with Crippen LogP contribution in [0.3, 0.4) is 0 Å². The maximum Gasteiger partial charge on any atom is 0.330 e. The van der Waals surface area contributed by atoms with E-state index < -0.39 is 11.2 Å². The minimum absolute atomic E-state index is 0.0538. The largest absolute Gasteiger partial charge is 0.383 e. The van der Waals surface area contributed by atoms with Crippen LogP contribution in [0.5, 0.6) is 0 Å². The van der Waals surface area contributed by atoms with Crippen molar-refractivity contribution in [2.75, 3.05) is 5.73 Å². The number of rotatable bonds is 2. The van der Waals surface area contributed by atoms with Gasteiger partial charge in [-0.3, -0.25) is 14.3 Å². The summed E-state index contributed by atoms with van der Waals surface area (Å²) in [5.74, 6) is 0.0538. The maximum atomic E-state index is 12.0. The number of fused-ring (bicyclic) bond motifs is 1. The summed E-state index contributed by atoms with van der Waals surface area (Å²) >= 11 is 0. The molecule has 3 N–H and O–H groups in total. The van der Waals surface area contributed by atoms with Crippen molar-refractivity contribution in [3.63, 3.8) is 0 Å². The molecule has 0 bridgehead atoms. The molecule has 0 spiro atoms. The number of nitrogens with two attached hydrogens (primary N) is 1. The van der Waals surface area contributed by atoms with E-state index in [4.69, 9.17) is 5.73 Å². The molecular weight excluding hydrogens is 258 g/mol. The first-order valence-electron chi connectivity index (χ1n) is 5.94. The van der Waals surface area contributed by atoms with Crippen molar-refractivity contribution in [3.05, 3.63) is 63.1 Å². The second kappa shape index (κ2) is 4.61. The maximum absolute atomic E-state index is 12.0. The third kappa shape index (κ3) is 1.95. The number of aromatic nitrogens is 4. The number of nitrogens with zero attached hydrogens (tertiary/aromatic N) is 3. The predicted octanol–water partition coefficient (Wildman–Crippen LogP) is 0.110. The highest BCUT2D eigenvalue weighted by atomic mass is 16.2. The van der Waals surface area contributed by atoms with Crippen LogP contribution in [0.1, 0.15) is 5.56 Å². The van der Waals surface area contributed by atoms with Crippen molar-refractivity contribution in [1.29, 1.82) is 0 Å². The summed E-state index contributed by atoms with van der Waals surface area (Å²) in [5, 5.41) is 0.128. The molecule has 3 rings (SSSR count). The molecule has 0 atom stereocenters. The van der Waals surface area contributed by atoms with E-state index in [1.165, 1.54) is 10.9 Å². The highest BCUT2D eigenvalue weighted by Gasteiger charge is 2.12. The summed E-state index contributed by atoms with van der Waals surface area (Å²) in [7, 11) is 0. The lowest BCUT2D eigenvalue weighted by molar-refractivity contribution is 0.745. The van der Waals surface area contributed by atoms with Gasteiger partial charge in [0.2, 0.25) is 0 Å². The van der Waals surface area contributed by atoms with Crippen molar-refractivity contribution in [1.82, 2.24) is 19.5 Å². The average molecular weight is 269 g/mol. The van der Waals surface area contributed by atoms with E-state index in [0.29, 0.717) is 6.54 Å². The van der Waals surface area contributed by atoms with E-state index in [2.05, 4.69) is 15.0 Å². The average Bonchev–Trinajstić information content (AvgIpc) is 2.44. The molecule has 0 aliphatic carbocycles. The minimum Gasteiger partial charge on any atom is -0.383 e. The Morgan fingerprint density at radius 2 is 1.90 bits per heavy atom. The summed E-state index contributed by atoms with van der Waals surface area (Å²) in [6, 6.07) is 9.40. The molecule has 2 aromatic heterocycles. The fourth-order valence-electron chi connectivity index (χ4n) is 2.05. The quantitative estimate of drug-likeness (QED) is 0.686. The molecule has 0 aliphatic heterocycles. The van der Waals surface area contributed by atoms with Gasteiger partial charge in [-0.15, -0.1) is 0 Å². The molecule has 20 heavy (non-hydrogen) atoms. The summed E-state index contributed by atoms with van der Waals surface area (Å²) in [4.78, 5) is 33.8. The van der Waals surface area contributed by atoms with Crippen molar-refractivity contribution >= 4 is 16.9 Å². The van der Waals surface area contributed by atoms with Crippen LogP contribution >= 0.6 is 0 Å². The highest BCUT2D eigenvalue weighted by molar-refractivity contribution is 5.84. The van der Waals surface area contributed by atoms with Gasteiger partial charge < -0.3 is 5.73 Å². The SMILES string of the molecule is Nc1ncnc2c1c(=O)[nH]c(=O)n2Cc1ccccc1. The van der Waals surface area contributed by atoms with Gasteiger partial charge in [0.15, 0.2) is 5.65 Å². The van der Waals surface area contributed by atoms with Crippen LogP contribution in [-0.4, -0.2) is 19.5 Å². The monoisotopic (exact) mass is 269 g/mol. The number of benzene rings is 1. The second-order valence-electron chi connectivity index (χ2n) is 4.29. The molecule has 0 radical (unpaired) electrons. The third-order valence-corrected chi connectivity index (χ3v) is 2.99. The molecule has 0 saturated carbocycles. The van der Waals surface area contributed by atoms with Crippen LogP contribution in [0.25, 0.3) is 11.0 Å². The number of hydrogen-bond acceptors (Lipinski definition) is 5. The topological polar surface area (TPSA) is 107 Å². The Hall–Kier alpha value is -2.96. The van der Waals surface area contributed by atoms with E-state index in [1.54, 1.807) is 0 Å². The molecule has 2 heterocycles. The van der Waals surface area contributed by atoms with Crippen LogP contribution in [0.15, 0.2) is 46.2 Å². The van der Waals surface area contributed by atoms with Gasteiger partial charge in [0.05, 0.1) is 6.54 Å². The standard InChI is InChI=1S/C13H11N5O2/c14-10-9-11(16-7-15-10)18(13(20)17-12(9)19)6-8-4-2-1-3-5-8/h1-5,7H,6H2,(H2,14,15,16)(H,17,19,20). The molecule has 0 aliphatic rings. The summed E-state index contributed by atoms with van der Waals surface area (Å²) < 4.78 is 1.37. The van der Waals surface area contributed by atoms with Crippen molar-refractivity contribution in [2.24, 2.45) is 0 Å². The van der Waals surface area contributed by atoms with E-state index in [-0.39, 0.29) is 16.9 Å². The number of anilines is 1. The van der Waals surface area contributed by atoms with Gasteiger partial charge in [0, 0.05) is 0 Å². The summed E-state index contributed by atoms with van der Waals surface area (Å²) in [6.07, 6.45) is 1.23. The Labute approximate surface area is 112 Å². The Morgan fingerprint density at radius 3 is 2.65 bits per heavy atom. The molecular formula is C13H11N5O2. The molecule has 7 nitrogen and oxygen atoms in total. The van der Waals surface area contributed by atoms with E-state index in [9.17, 15) is 9.59 Å². The van der Waals surface area contributed by atoms with Gasteiger partial charge in [0.1, 0.15) is 17.5 Å². The first-order valence-corrected chi connectivity index (χ1v) is 5.94. The van der Waals surface area contributed by atoms with Gasteiger partial charge in [-0.1, -0.05) is 30.3 Å². The van der Waals surface area contributed by atoms with Crippen LogP contribution in [-0.2, 0) is 6.54 Å². The van der Waals surface area contributed by atoms with Crippen LogP contribution in [0.2, 0.25) is 0 Å². The third-order valence-electron chi connectivity index (χ3n) is 2.99. The molecule has 1 aromatic carbocycles. The van der Waals surface area contributed by atoms with Gasteiger partial charge in [-0.25, -0.2) is 14.8 Å². The van der Waals surface area contributed by atoms with Gasteiger partial charge in [-0.2, -0.15) is 0 Å². The van der Waals surface area contributed by atoms with Gasteiger partial charge in [0.25, 0.3) is 5.56 Å². The Kier molecular flexibility index (Phi) is 2.79. The minimum atomic E-state index is -0.576. The molecule has 3 aromatic rings. The fourth-order valence-corrected chi connectivity index (χ4v) is 2.05. The van der Waals surface area contributed by atoms with Crippen LogP contribution in [0.4, 0.5) is 5.82 Å². The van der Waals surface area contributed by atoms with E-state index >= 15 is 0 Å². The highest BCUT2D eigenvalue weighted by Crippen LogP contribution is 2.10. The van der Waals surface area contributed by atoms with Crippen LogP contribution < -0.4 is 17.0 Å². The molecule has 7 heteroatoms. The molecule has 100 valence electrons. The van der Waals surface area contributed by atoms with Crippen molar-refractivity contribution in [3.8, 4) is 0 Å². The smallest absolute Gasteiger partial charge is 0.330 e. The Bertz CT molecular complexity index is 883. The number of nitrogen functional groups attached to an aromatic ring is 1. The lowest BCUT2D eigenvalue weighted by Crippen LogP contribution is -2.31. The Morgan fingerprint density at radius 1 is 1.15 bits per heavy atom. The number of hydrogen-bond donors (Lipinski definition) is 2. The van der Waals surface area contributed by atoms with Crippen molar-refractivity contribution < 1.29 is 0 Å². The number of aromatic amines is 1.